The van der Waals surface area contributed by atoms with Gasteiger partial charge in [-0.3, -0.25) is 4.39 Å². The number of rotatable bonds is 8. The molecule has 0 saturated carbocycles. The fraction of sp³-hybridized carbons (Fsp3) is 0.571. The summed E-state index contributed by atoms with van der Waals surface area (Å²) >= 11 is 0. The molecule has 0 bridgehead atoms. The summed E-state index contributed by atoms with van der Waals surface area (Å²) in [5, 5.41) is 0. The Morgan fingerprint density at radius 3 is 2.13 bits per heavy atom. The van der Waals surface area contributed by atoms with E-state index in [9.17, 15) is 4.39 Å². The molecular formula is C14H20F. The van der Waals surface area contributed by atoms with Crippen LogP contribution in [0.1, 0.15) is 44.1 Å². The Labute approximate surface area is 92.5 Å². The van der Waals surface area contributed by atoms with Crippen LogP contribution in [0.4, 0.5) is 4.39 Å². The van der Waals surface area contributed by atoms with Crippen molar-refractivity contribution in [1.29, 1.82) is 0 Å². The van der Waals surface area contributed by atoms with Gasteiger partial charge in [0.1, 0.15) is 0 Å². The summed E-state index contributed by atoms with van der Waals surface area (Å²) in [5.74, 6) is 0. The Hall–Kier alpha value is -0.850. The van der Waals surface area contributed by atoms with Gasteiger partial charge in [0.05, 0.1) is 6.67 Å². The molecule has 0 amide bonds. The van der Waals surface area contributed by atoms with Crippen molar-refractivity contribution in [1.82, 2.24) is 0 Å². The summed E-state index contributed by atoms with van der Waals surface area (Å²) in [7, 11) is 0. The molecule has 1 radical (unpaired) electrons. The maximum atomic E-state index is 11.8. The quantitative estimate of drug-likeness (QED) is 0.556. The minimum Gasteiger partial charge on any atom is -0.251 e. The second kappa shape index (κ2) is 8.46. The SMILES string of the molecule is FCCCCCCCCc1cc[c]cc1. The van der Waals surface area contributed by atoms with Gasteiger partial charge >= 0.3 is 0 Å². The highest BCUT2D eigenvalue weighted by Crippen LogP contribution is 2.09. The lowest BCUT2D eigenvalue weighted by molar-refractivity contribution is 0.450. The zero-order valence-electron chi connectivity index (χ0n) is 9.34. The van der Waals surface area contributed by atoms with Gasteiger partial charge in [-0.25, -0.2) is 0 Å². The Bertz CT molecular complexity index is 230. The molecule has 15 heavy (non-hydrogen) atoms. The van der Waals surface area contributed by atoms with Gasteiger partial charge in [-0.2, -0.15) is 0 Å². The predicted molar refractivity (Wildman–Crippen MR) is 62.7 cm³/mol. The van der Waals surface area contributed by atoms with E-state index in [1.807, 2.05) is 12.1 Å². The van der Waals surface area contributed by atoms with Crippen molar-refractivity contribution >= 4 is 0 Å². The third-order valence-electron chi connectivity index (χ3n) is 2.64. The van der Waals surface area contributed by atoms with Gasteiger partial charge in [0, 0.05) is 0 Å². The van der Waals surface area contributed by atoms with E-state index in [-0.39, 0.29) is 6.67 Å². The number of halogens is 1. The summed E-state index contributed by atoms with van der Waals surface area (Å²) in [5.41, 5.74) is 1.40. The fourth-order valence-corrected chi connectivity index (χ4v) is 1.72. The van der Waals surface area contributed by atoms with E-state index in [4.69, 9.17) is 0 Å². The molecular weight excluding hydrogens is 187 g/mol. The van der Waals surface area contributed by atoms with E-state index in [0.717, 1.165) is 19.3 Å². The van der Waals surface area contributed by atoms with Crippen LogP contribution in [0.3, 0.4) is 0 Å². The van der Waals surface area contributed by atoms with Gasteiger partial charge in [0.25, 0.3) is 0 Å². The van der Waals surface area contributed by atoms with Crippen molar-refractivity contribution in [2.24, 2.45) is 0 Å². The van der Waals surface area contributed by atoms with Gasteiger partial charge < -0.3 is 0 Å². The number of hydrogen-bond donors (Lipinski definition) is 0. The molecule has 1 heteroatoms. The first-order chi connectivity index (χ1) is 7.43. The normalized spacial score (nSPS) is 10.5. The maximum absolute atomic E-state index is 11.8. The molecule has 0 N–H and O–H groups in total. The molecule has 0 aliphatic carbocycles. The van der Waals surface area contributed by atoms with Crippen molar-refractivity contribution in [2.45, 2.75) is 44.9 Å². The smallest absolute Gasteiger partial charge is 0.0894 e. The molecule has 0 aromatic heterocycles. The molecule has 83 valence electrons. The molecule has 0 spiro atoms. The standard InChI is InChI=1S/C14H20F/c15-13-9-4-2-1-3-6-10-14-11-7-5-8-12-14/h7-8,11-12H,1-4,6,9-10,13H2. The third-order valence-corrected chi connectivity index (χ3v) is 2.64. The van der Waals surface area contributed by atoms with Crippen LogP contribution in [0.25, 0.3) is 0 Å². The lowest BCUT2D eigenvalue weighted by Gasteiger charge is -2.01. The van der Waals surface area contributed by atoms with E-state index in [0.29, 0.717) is 0 Å². The van der Waals surface area contributed by atoms with Crippen LogP contribution in [0.2, 0.25) is 0 Å². The third kappa shape index (κ3) is 6.27. The predicted octanol–water partition coefficient (Wildman–Crippen LogP) is 4.34. The molecule has 1 aromatic carbocycles. The molecule has 0 atom stereocenters. The van der Waals surface area contributed by atoms with Crippen LogP contribution in [-0.2, 0) is 6.42 Å². The summed E-state index contributed by atoms with van der Waals surface area (Å²) in [6.45, 7) is -0.152. The minimum absolute atomic E-state index is 0.152. The zero-order chi connectivity index (χ0) is 10.8. The first-order valence-electron chi connectivity index (χ1n) is 5.94. The van der Waals surface area contributed by atoms with Crippen LogP contribution < -0.4 is 0 Å². The highest BCUT2D eigenvalue weighted by Gasteiger charge is 1.93. The number of benzene rings is 1. The fourth-order valence-electron chi connectivity index (χ4n) is 1.72. The van der Waals surface area contributed by atoms with E-state index >= 15 is 0 Å². The van der Waals surface area contributed by atoms with Crippen LogP contribution in [0.15, 0.2) is 24.3 Å². The molecule has 0 nitrogen and oxygen atoms in total. The van der Waals surface area contributed by atoms with Crippen LogP contribution in [0.5, 0.6) is 0 Å². The number of aryl methyl sites for hydroxylation is 1. The number of unbranched alkanes of at least 4 members (excludes halogenated alkanes) is 5. The average molecular weight is 207 g/mol. The second-order valence-corrected chi connectivity index (χ2v) is 3.97. The van der Waals surface area contributed by atoms with Crippen LogP contribution in [-0.4, -0.2) is 6.67 Å². The Morgan fingerprint density at radius 1 is 0.867 bits per heavy atom. The summed E-state index contributed by atoms with van der Waals surface area (Å²) < 4.78 is 11.8. The average Bonchev–Trinajstić information content (AvgIpc) is 2.29. The Balaban J connectivity index is 1.93. The molecule has 1 aromatic rings. The number of alkyl halides is 1. The lowest BCUT2D eigenvalue weighted by atomic mass is 10.1. The van der Waals surface area contributed by atoms with E-state index in [1.165, 1.54) is 31.2 Å². The summed E-state index contributed by atoms with van der Waals surface area (Å²) in [4.78, 5) is 0. The van der Waals surface area contributed by atoms with Gasteiger partial charge in [-0.05, 0) is 30.9 Å². The highest BCUT2D eigenvalue weighted by atomic mass is 19.1. The Morgan fingerprint density at radius 2 is 1.47 bits per heavy atom. The zero-order valence-corrected chi connectivity index (χ0v) is 9.34. The molecule has 1 rings (SSSR count). The van der Waals surface area contributed by atoms with Crippen molar-refractivity contribution in [3.05, 3.63) is 35.9 Å². The number of hydrogen-bond acceptors (Lipinski definition) is 0. The van der Waals surface area contributed by atoms with Gasteiger partial charge in [-0.15, -0.1) is 0 Å². The van der Waals surface area contributed by atoms with Crippen molar-refractivity contribution in [3.63, 3.8) is 0 Å². The summed E-state index contributed by atoms with van der Waals surface area (Å²) in [6.07, 6.45) is 7.92. The highest BCUT2D eigenvalue weighted by molar-refractivity contribution is 5.13. The van der Waals surface area contributed by atoms with Crippen LogP contribution >= 0.6 is 0 Å². The molecule has 0 saturated heterocycles. The lowest BCUT2D eigenvalue weighted by Crippen LogP contribution is -1.86. The molecule has 0 aliphatic rings. The van der Waals surface area contributed by atoms with E-state index in [1.54, 1.807) is 0 Å². The molecule has 0 unspecified atom stereocenters. The topological polar surface area (TPSA) is 0 Å². The van der Waals surface area contributed by atoms with Crippen molar-refractivity contribution in [3.8, 4) is 0 Å². The molecule has 0 fully saturated rings. The van der Waals surface area contributed by atoms with Gasteiger partial charge in [0.15, 0.2) is 0 Å². The maximum Gasteiger partial charge on any atom is 0.0894 e. The Kier molecular flexibility index (Phi) is 6.89. The minimum atomic E-state index is -0.152. The van der Waals surface area contributed by atoms with Gasteiger partial charge in [-0.1, -0.05) is 49.9 Å². The van der Waals surface area contributed by atoms with Gasteiger partial charge in [0.2, 0.25) is 0 Å². The largest absolute Gasteiger partial charge is 0.251 e. The first kappa shape index (κ1) is 12.2. The monoisotopic (exact) mass is 207 g/mol. The van der Waals surface area contributed by atoms with Crippen molar-refractivity contribution in [2.75, 3.05) is 6.67 Å². The van der Waals surface area contributed by atoms with Crippen LogP contribution in [0, 0.1) is 6.07 Å². The van der Waals surface area contributed by atoms with Crippen molar-refractivity contribution < 1.29 is 4.39 Å². The molecule has 0 heterocycles. The van der Waals surface area contributed by atoms with E-state index < -0.39 is 0 Å². The van der Waals surface area contributed by atoms with E-state index in [2.05, 4.69) is 18.2 Å². The first-order valence-corrected chi connectivity index (χ1v) is 5.94. The molecule has 0 aliphatic heterocycles. The summed E-state index contributed by atoms with van der Waals surface area (Å²) in [6, 6.07) is 11.2. The second-order valence-electron chi connectivity index (χ2n) is 3.97.